The number of rotatable bonds is 4. The lowest BCUT2D eigenvalue weighted by atomic mass is 10.2. The molecule has 0 radical (unpaired) electrons. The van der Waals surface area contributed by atoms with Crippen LogP contribution in [0.2, 0.25) is 0 Å². The van der Waals surface area contributed by atoms with Crippen LogP contribution in [0.4, 0.5) is 0 Å². The first kappa shape index (κ1) is 15.6. The summed E-state index contributed by atoms with van der Waals surface area (Å²) in [5, 5.41) is 8.54. The molecule has 0 fully saturated rings. The minimum Gasteiger partial charge on any atom is -0.411 e. The molecule has 0 atom stereocenters. The summed E-state index contributed by atoms with van der Waals surface area (Å²) >= 11 is 1.36. The van der Waals surface area contributed by atoms with Gasteiger partial charge in [0.25, 0.3) is 10.8 Å². The van der Waals surface area contributed by atoms with Gasteiger partial charge in [-0.2, -0.15) is 0 Å². The van der Waals surface area contributed by atoms with E-state index in [1.165, 1.54) is 22.2 Å². The van der Waals surface area contributed by atoms with Crippen molar-refractivity contribution in [3.8, 4) is 11.5 Å². The molecule has 0 aliphatic rings. The second-order valence-corrected chi connectivity index (χ2v) is 6.47. The van der Waals surface area contributed by atoms with E-state index >= 15 is 0 Å². The first-order valence-electron chi connectivity index (χ1n) is 7.70. The highest BCUT2D eigenvalue weighted by atomic mass is 32.2. The van der Waals surface area contributed by atoms with Gasteiger partial charge in [-0.05, 0) is 36.8 Å². The Labute approximate surface area is 147 Å². The van der Waals surface area contributed by atoms with Crippen molar-refractivity contribution in [2.75, 3.05) is 0 Å². The lowest BCUT2D eigenvalue weighted by molar-refractivity contribution is 0.466. The van der Waals surface area contributed by atoms with Crippen LogP contribution in [0.15, 0.2) is 69.2 Å². The molecule has 0 saturated carbocycles. The zero-order valence-electron chi connectivity index (χ0n) is 13.4. The Morgan fingerprint density at radius 2 is 1.96 bits per heavy atom. The first-order chi connectivity index (χ1) is 12.2. The van der Waals surface area contributed by atoms with Crippen LogP contribution in [0.25, 0.3) is 17.1 Å². The van der Waals surface area contributed by atoms with Gasteiger partial charge in [0.05, 0.1) is 5.69 Å². The lowest BCUT2D eigenvalue weighted by Gasteiger charge is -2.03. The number of hydrogen-bond donors (Lipinski definition) is 0. The van der Waals surface area contributed by atoms with Gasteiger partial charge in [0.1, 0.15) is 5.65 Å². The second-order valence-electron chi connectivity index (χ2n) is 5.55. The van der Waals surface area contributed by atoms with Crippen LogP contribution in [-0.4, -0.2) is 19.6 Å². The molecule has 124 valence electrons. The number of hydrogen-bond acceptors (Lipinski definition) is 6. The van der Waals surface area contributed by atoms with Gasteiger partial charge >= 0.3 is 0 Å². The van der Waals surface area contributed by atoms with Crippen molar-refractivity contribution in [1.82, 2.24) is 19.6 Å². The van der Waals surface area contributed by atoms with Crippen molar-refractivity contribution < 1.29 is 4.42 Å². The summed E-state index contributed by atoms with van der Waals surface area (Å²) in [6.45, 7) is 1.97. The van der Waals surface area contributed by atoms with E-state index in [1.54, 1.807) is 6.20 Å². The molecule has 1 aromatic carbocycles. The Bertz CT molecular complexity index is 1090. The molecule has 0 saturated heterocycles. The zero-order chi connectivity index (χ0) is 17.2. The molecular formula is C18H14N4O2S. The Morgan fingerprint density at radius 3 is 2.80 bits per heavy atom. The summed E-state index contributed by atoms with van der Waals surface area (Å²) in [4.78, 5) is 16.7. The maximum atomic E-state index is 12.2. The maximum absolute atomic E-state index is 12.2. The number of thioether (sulfide) groups is 1. The molecule has 0 bridgehead atoms. The highest BCUT2D eigenvalue weighted by Gasteiger charge is 2.10. The van der Waals surface area contributed by atoms with E-state index < -0.39 is 0 Å². The van der Waals surface area contributed by atoms with Crippen molar-refractivity contribution in [1.29, 1.82) is 0 Å². The normalized spacial score (nSPS) is 11.1. The molecule has 6 nitrogen and oxygen atoms in total. The molecule has 25 heavy (non-hydrogen) atoms. The van der Waals surface area contributed by atoms with Crippen molar-refractivity contribution in [3.63, 3.8) is 0 Å². The van der Waals surface area contributed by atoms with Gasteiger partial charge < -0.3 is 4.42 Å². The summed E-state index contributed by atoms with van der Waals surface area (Å²) in [6, 6.07) is 14.9. The van der Waals surface area contributed by atoms with Crippen LogP contribution in [0.5, 0.6) is 0 Å². The Balaban J connectivity index is 1.55. The fraction of sp³-hybridized carbons (Fsp3) is 0.111. The van der Waals surface area contributed by atoms with E-state index in [-0.39, 0.29) is 5.56 Å². The van der Waals surface area contributed by atoms with Gasteiger partial charge in [0.2, 0.25) is 5.89 Å². The number of aromatic nitrogens is 4. The minimum absolute atomic E-state index is 0.101. The Kier molecular flexibility index (Phi) is 4.07. The van der Waals surface area contributed by atoms with Crippen molar-refractivity contribution >= 4 is 17.4 Å². The summed E-state index contributed by atoms with van der Waals surface area (Å²) in [6.07, 6.45) is 1.74. The third kappa shape index (κ3) is 3.32. The standard InChI is InChI=1S/C18H14N4O2S/c1-12-7-8-22-15(9-12)19-14(10-16(22)23)11-25-18-21-20-17(24-18)13-5-3-2-4-6-13/h2-10H,11H2,1H3. The SMILES string of the molecule is Cc1ccn2c(=O)cc(CSc3nnc(-c4ccccc4)o3)nc2c1. The number of pyridine rings is 1. The molecule has 0 unspecified atom stereocenters. The molecule has 0 aliphatic carbocycles. The van der Waals surface area contributed by atoms with E-state index in [9.17, 15) is 4.79 Å². The topological polar surface area (TPSA) is 73.3 Å². The molecule has 4 aromatic rings. The van der Waals surface area contributed by atoms with Crippen LogP contribution in [0.1, 0.15) is 11.3 Å². The fourth-order valence-corrected chi connectivity index (χ4v) is 3.08. The van der Waals surface area contributed by atoms with E-state index in [1.807, 2.05) is 49.4 Å². The number of benzene rings is 1. The monoisotopic (exact) mass is 350 g/mol. The number of fused-ring (bicyclic) bond motifs is 1. The summed E-state index contributed by atoms with van der Waals surface area (Å²) in [5.41, 5.74) is 3.15. The van der Waals surface area contributed by atoms with Crippen LogP contribution in [-0.2, 0) is 5.75 Å². The first-order valence-corrected chi connectivity index (χ1v) is 8.68. The van der Waals surface area contributed by atoms with E-state index in [4.69, 9.17) is 4.42 Å². The average Bonchev–Trinajstić information content (AvgIpc) is 3.09. The van der Waals surface area contributed by atoms with E-state index in [2.05, 4.69) is 15.2 Å². The van der Waals surface area contributed by atoms with E-state index in [0.29, 0.717) is 28.2 Å². The summed E-state index contributed by atoms with van der Waals surface area (Å²) < 4.78 is 7.19. The van der Waals surface area contributed by atoms with Crippen LogP contribution < -0.4 is 5.56 Å². The molecule has 0 N–H and O–H groups in total. The van der Waals surface area contributed by atoms with Crippen molar-refractivity contribution in [3.05, 3.63) is 76.3 Å². The van der Waals surface area contributed by atoms with Gasteiger partial charge in [0, 0.05) is 23.6 Å². The largest absolute Gasteiger partial charge is 0.411 e. The molecule has 0 amide bonds. The third-order valence-corrected chi connectivity index (χ3v) is 4.50. The minimum atomic E-state index is -0.101. The van der Waals surface area contributed by atoms with Gasteiger partial charge in [-0.3, -0.25) is 9.20 Å². The number of aryl methyl sites for hydroxylation is 1. The predicted molar refractivity (Wildman–Crippen MR) is 95.5 cm³/mol. The van der Waals surface area contributed by atoms with Gasteiger partial charge in [-0.1, -0.05) is 30.0 Å². The van der Waals surface area contributed by atoms with Crippen LogP contribution in [0, 0.1) is 6.92 Å². The lowest BCUT2D eigenvalue weighted by Crippen LogP contribution is -2.15. The summed E-state index contributed by atoms with van der Waals surface area (Å²) in [7, 11) is 0. The Hall–Kier alpha value is -2.93. The highest BCUT2D eigenvalue weighted by Crippen LogP contribution is 2.24. The summed E-state index contributed by atoms with van der Waals surface area (Å²) in [5.74, 6) is 0.959. The molecule has 3 heterocycles. The maximum Gasteiger partial charge on any atom is 0.277 e. The van der Waals surface area contributed by atoms with Gasteiger partial charge in [0.15, 0.2) is 0 Å². The molecule has 3 aromatic heterocycles. The molecule has 4 rings (SSSR count). The number of nitrogens with zero attached hydrogens (tertiary/aromatic N) is 4. The molecule has 0 aliphatic heterocycles. The zero-order valence-corrected chi connectivity index (χ0v) is 14.2. The molecule has 7 heteroatoms. The Morgan fingerprint density at radius 1 is 1.12 bits per heavy atom. The quantitative estimate of drug-likeness (QED) is 0.526. The van der Waals surface area contributed by atoms with Gasteiger partial charge in [-0.15, -0.1) is 10.2 Å². The third-order valence-electron chi connectivity index (χ3n) is 3.65. The second kappa shape index (κ2) is 6.52. The highest BCUT2D eigenvalue weighted by molar-refractivity contribution is 7.98. The molecule has 0 spiro atoms. The van der Waals surface area contributed by atoms with Crippen molar-refractivity contribution in [2.45, 2.75) is 17.9 Å². The van der Waals surface area contributed by atoms with Crippen LogP contribution in [0.3, 0.4) is 0 Å². The molecular weight excluding hydrogens is 336 g/mol. The van der Waals surface area contributed by atoms with Gasteiger partial charge in [-0.25, -0.2) is 4.98 Å². The average molecular weight is 350 g/mol. The van der Waals surface area contributed by atoms with Crippen molar-refractivity contribution in [2.24, 2.45) is 0 Å². The fourth-order valence-electron chi connectivity index (χ4n) is 2.43. The van der Waals surface area contributed by atoms with Crippen LogP contribution >= 0.6 is 11.8 Å². The van der Waals surface area contributed by atoms with E-state index in [0.717, 1.165) is 11.1 Å². The predicted octanol–water partition coefficient (Wildman–Crippen LogP) is 3.35. The smallest absolute Gasteiger partial charge is 0.277 e.